The Morgan fingerprint density at radius 1 is 1.19 bits per heavy atom. The lowest BCUT2D eigenvalue weighted by Crippen LogP contribution is -2.47. The van der Waals surface area contributed by atoms with Gasteiger partial charge in [0.25, 0.3) is 0 Å². The molecule has 0 aromatic rings. The minimum absolute atomic E-state index is 0.537. The van der Waals surface area contributed by atoms with E-state index >= 15 is 0 Å². The first-order valence-electron chi connectivity index (χ1n) is 9.20. The smallest absolute Gasteiger partial charge is 0.0281 e. The molecule has 0 bridgehead atoms. The number of thioether (sulfide) groups is 1. The van der Waals surface area contributed by atoms with Gasteiger partial charge in [-0.15, -0.1) is 0 Å². The first-order valence-corrected chi connectivity index (χ1v) is 10.4. The molecule has 124 valence electrons. The number of hydrogen-bond donors (Lipinski definition) is 1. The lowest BCUT2D eigenvalue weighted by molar-refractivity contribution is 0.161. The first kappa shape index (κ1) is 17.6. The van der Waals surface area contributed by atoms with Crippen LogP contribution in [0.5, 0.6) is 0 Å². The maximum atomic E-state index is 3.92. The van der Waals surface area contributed by atoms with Crippen molar-refractivity contribution < 1.29 is 0 Å². The monoisotopic (exact) mass is 312 g/mol. The molecule has 1 N–H and O–H groups in total. The molecule has 2 aliphatic rings. The summed E-state index contributed by atoms with van der Waals surface area (Å²) in [6.45, 7) is 9.88. The van der Waals surface area contributed by atoms with E-state index in [-0.39, 0.29) is 0 Å². The van der Waals surface area contributed by atoms with Crippen LogP contribution in [-0.2, 0) is 0 Å². The Kier molecular flexibility index (Phi) is 7.37. The van der Waals surface area contributed by atoms with E-state index in [0.29, 0.717) is 10.8 Å². The second-order valence-electron chi connectivity index (χ2n) is 7.30. The van der Waals surface area contributed by atoms with Crippen molar-refractivity contribution in [2.75, 3.05) is 32.4 Å². The molecular formula is C18H36N2S. The SMILES string of the molecule is CCCN1CCC(C(C)NCC2(SC)CCCCC2)CC1. The molecule has 1 atom stereocenters. The van der Waals surface area contributed by atoms with Gasteiger partial charge in [-0.05, 0) is 70.8 Å². The van der Waals surface area contributed by atoms with Gasteiger partial charge in [0.2, 0.25) is 0 Å². The number of nitrogens with zero attached hydrogens (tertiary/aromatic N) is 1. The van der Waals surface area contributed by atoms with Gasteiger partial charge in [0, 0.05) is 17.3 Å². The molecule has 1 saturated carbocycles. The molecule has 21 heavy (non-hydrogen) atoms. The molecular weight excluding hydrogens is 276 g/mol. The summed E-state index contributed by atoms with van der Waals surface area (Å²) in [6.07, 6.45) is 13.6. The fraction of sp³-hybridized carbons (Fsp3) is 1.00. The topological polar surface area (TPSA) is 15.3 Å². The standard InChI is InChI=1S/C18H36N2S/c1-4-12-20-13-8-17(9-14-20)16(2)19-15-18(21-3)10-6-5-7-11-18/h16-17,19H,4-15H2,1-3H3. The predicted octanol–water partition coefficient (Wildman–Crippen LogP) is 4.15. The third-order valence-electron chi connectivity index (χ3n) is 5.82. The summed E-state index contributed by atoms with van der Waals surface area (Å²) in [5.41, 5.74) is 0. The van der Waals surface area contributed by atoms with Crippen LogP contribution in [-0.4, -0.2) is 48.1 Å². The van der Waals surface area contributed by atoms with Gasteiger partial charge in [0.05, 0.1) is 0 Å². The molecule has 1 heterocycles. The molecule has 0 aromatic heterocycles. The zero-order valence-corrected chi connectivity index (χ0v) is 15.3. The second-order valence-corrected chi connectivity index (χ2v) is 8.57. The van der Waals surface area contributed by atoms with Crippen molar-refractivity contribution in [2.45, 2.75) is 76.0 Å². The lowest BCUT2D eigenvalue weighted by atomic mass is 9.86. The third-order valence-corrected chi connectivity index (χ3v) is 7.24. The predicted molar refractivity (Wildman–Crippen MR) is 96.3 cm³/mol. The van der Waals surface area contributed by atoms with E-state index in [2.05, 4.69) is 42.1 Å². The molecule has 0 spiro atoms. The van der Waals surface area contributed by atoms with E-state index in [4.69, 9.17) is 0 Å². The van der Waals surface area contributed by atoms with Crippen molar-refractivity contribution >= 4 is 11.8 Å². The van der Waals surface area contributed by atoms with Crippen molar-refractivity contribution in [2.24, 2.45) is 5.92 Å². The Labute approximate surface area is 136 Å². The number of hydrogen-bond acceptors (Lipinski definition) is 3. The Balaban J connectivity index is 1.73. The average Bonchev–Trinajstić information content (AvgIpc) is 2.54. The normalized spacial score (nSPS) is 25.9. The van der Waals surface area contributed by atoms with Crippen molar-refractivity contribution in [3.63, 3.8) is 0 Å². The molecule has 2 rings (SSSR count). The second kappa shape index (κ2) is 8.79. The van der Waals surface area contributed by atoms with Crippen LogP contribution in [0, 0.1) is 5.92 Å². The van der Waals surface area contributed by atoms with Gasteiger partial charge in [-0.25, -0.2) is 0 Å². The van der Waals surface area contributed by atoms with Crippen molar-refractivity contribution in [1.82, 2.24) is 10.2 Å². The molecule has 2 nitrogen and oxygen atoms in total. The number of nitrogens with one attached hydrogen (secondary N) is 1. The van der Waals surface area contributed by atoms with Gasteiger partial charge in [-0.2, -0.15) is 11.8 Å². The van der Waals surface area contributed by atoms with Crippen LogP contribution in [0.3, 0.4) is 0 Å². The quantitative estimate of drug-likeness (QED) is 0.760. The van der Waals surface area contributed by atoms with Crippen LogP contribution < -0.4 is 5.32 Å². The van der Waals surface area contributed by atoms with Crippen LogP contribution in [0.4, 0.5) is 0 Å². The molecule has 0 amide bonds. The largest absolute Gasteiger partial charge is 0.313 e. The fourth-order valence-electron chi connectivity index (χ4n) is 4.16. The van der Waals surface area contributed by atoms with E-state index < -0.39 is 0 Å². The zero-order valence-electron chi connectivity index (χ0n) is 14.5. The summed E-state index contributed by atoms with van der Waals surface area (Å²) in [7, 11) is 0. The highest BCUT2D eigenvalue weighted by Gasteiger charge is 2.32. The van der Waals surface area contributed by atoms with E-state index in [9.17, 15) is 0 Å². The van der Waals surface area contributed by atoms with E-state index in [1.807, 2.05) is 0 Å². The maximum Gasteiger partial charge on any atom is 0.0281 e. The summed E-state index contributed by atoms with van der Waals surface area (Å²) in [6, 6.07) is 0.694. The van der Waals surface area contributed by atoms with Gasteiger partial charge in [0.1, 0.15) is 0 Å². The van der Waals surface area contributed by atoms with E-state index in [0.717, 1.165) is 5.92 Å². The molecule has 1 aliphatic carbocycles. The Hall–Kier alpha value is 0.270. The molecule has 1 aliphatic heterocycles. The van der Waals surface area contributed by atoms with Crippen LogP contribution in [0.2, 0.25) is 0 Å². The highest BCUT2D eigenvalue weighted by molar-refractivity contribution is 8.00. The summed E-state index contributed by atoms with van der Waals surface area (Å²) in [5.74, 6) is 0.889. The molecule has 1 saturated heterocycles. The Morgan fingerprint density at radius 2 is 1.86 bits per heavy atom. The molecule has 0 radical (unpaired) electrons. The zero-order chi connectivity index (χ0) is 15.1. The summed E-state index contributed by atoms with van der Waals surface area (Å²) in [5, 5.41) is 3.92. The van der Waals surface area contributed by atoms with E-state index in [1.165, 1.54) is 77.5 Å². The fourth-order valence-corrected chi connectivity index (χ4v) is 5.08. The minimum atomic E-state index is 0.537. The van der Waals surface area contributed by atoms with E-state index in [1.54, 1.807) is 0 Å². The number of likely N-dealkylation sites (tertiary alicyclic amines) is 1. The molecule has 1 unspecified atom stereocenters. The summed E-state index contributed by atoms with van der Waals surface area (Å²) >= 11 is 2.12. The molecule has 3 heteroatoms. The highest BCUT2D eigenvalue weighted by atomic mass is 32.2. The Bertz CT molecular complexity index is 281. The minimum Gasteiger partial charge on any atom is -0.313 e. The number of piperidine rings is 1. The van der Waals surface area contributed by atoms with Crippen LogP contribution in [0.1, 0.15) is 65.2 Å². The first-order chi connectivity index (χ1) is 10.2. The average molecular weight is 313 g/mol. The number of rotatable bonds is 7. The van der Waals surface area contributed by atoms with Crippen LogP contribution in [0.25, 0.3) is 0 Å². The van der Waals surface area contributed by atoms with Crippen molar-refractivity contribution in [3.05, 3.63) is 0 Å². The van der Waals surface area contributed by atoms with Crippen molar-refractivity contribution in [3.8, 4) is 0 Å². The molecule has 0 aromatic carbocycles. The van der Waals surface area contributed by atoms with Crippen LogP contribution in [0.15, 0.2) is 0 Å². The Morgan fingerprint density at radius 3 is 2.43 bits per heavy atom. The van der Waals surface area contributed by atoms with Gasteiger partial charge >= 0.3 is 0 Å². The highest BCUT2D eigenvalue weighted by Crippen LogP contribution is 2.38. The van der Waals surface area contributed by atoms with Gasteiger partial charge in [-0.3, -0.25) is 0 Å². The van der Waals surface area contributed by atoms with Crippen LogP contribution >= 0.6 is 11.8 Å². The van der Waals surface area contributed by atoms with Crippen molar-refractivity contribution in [1.29, 1.82) is 0 Å². The van der Waals surface area contributed by atoms with Gasteiger partial charge in [-0.1, -0.05) is 26.2 Å². The summed E-state index contributed by atoms with van der Waals surface area (Å²) < 4.78 is 0.537. The maximum absolute atomic E-state index is 3.92. The third kappa shape index (κ3) is 5.14. The molecule has 2 fully saturated rings. The lowest BCUT2D eigenvalue weighted by Gasteiger charge is -2.39. The summed E-state index contributed by atoms with van der Waals surface area (Å²) in [4.78, 5) is 2.65. The van der Waals surface area contributed by atoms with Gasteiger partial charge in [0.15, 0.2) is 0 Å². The van der Waals surface area contributed by atoms with Gasteiger partial charge < -0.3 is 10.2 Å².